The first-order valence-corrected chi connectivity index (χ1v) is 7.36. The Kier molecular flexibility index (Phi) is 5.21. The van der Waals surface area contributed by atoms with E-state index in [1.807, 2.05) is 0 Å². The Morgan fingerprint density at radius 3 is 2.47 bits per heavy atom. The molecule has 2 nitrogen and oxygen atoms in total. The van der Waals surface area contributed by atoms with E-state index in [-0.39, 0.29) is 6.61 Å². The number of hydrogen-bond donors (Lipinski definition) is 0. The van der Waals surface area contributed by atoms with Crippen molar-refractivity contribution in [3.05, 3.63) is 54.7 Å². The molecule has 0 radical (unpaired) electrons. The molecule has 0 aliphatic carbocycles. The average Bonchev–Trinajstić information content (AvgIpc) is 2.36. The highest BCUT2D eigenvalue weighted by atomic mass is 79.9. The summed E-state index contributed by atoms with van der Waals surface area (Å²) in [7, 11) is 0. The van der Waals surface area contributed by atoms with Crippen LogP contribution < -0.4 is 4.74 Å². The molecule has 2 rings (SSSR count). The van der Waals surface area contributed by atoms with Gasteiger partial charge in [0.2, 0.25) is 0 Å². The quantitative estimate of drug-likeness (QED) is 0.462. The second kappa shape index (κ2) is 6.51. The van der Waals surface area contributed by atoms with Crippen LogP contribution in [0.4, 0.5) is 0 Å². The molecule has 1 heterocycles. The van der Waals surface area contributed by atoms with Crippen molar-refractivity contribution in [2.75, 3.05) is 0 Å². The molecule has 0 saturated heterocycles. The van der Waals surface area contributed by atoms with Gasteiger partial charge in [-0.15, -0.1) is 0 Å². The summed E-state index contributed by atoms with van der Waals surface area (Å²) >= 11 is 27.1. The SMILES string of the molecule is Clc1ccc(Cl)c(COc2cc(Cl)c(Br)cc2Cl)n1. The van der Waals surface area contributed by atoms with Gasteiger partial charge >= 0.3 is 0 Å². The van der Waals surface area contributed by atoms with E-state index in [9.17, 15) is 0 Å². The van der Waals surface area contributed by atoms with Crippen LogP contribution in [0.2, 0.25) is 20.2 Å². The number of hydrogen-bond acceptors (Lipinski definition) is 2. The summed E-state index contributed by atoms with van der Waals surface area (Å²) in [6, 6.07) is 6.54. The number of aromatic nitrogens is 1. The molecule has 0 bridgehead atoms. The molecule has 100 valence electrons. The molecule has 0 unspecified atom stereocenters. The minimum atomic E-state index is 0.150. The Hall–Kier alpha value is -0.190. The minimum absolute atomic E-state index is 0.150. The van der Waals surface area contributed by atoms with Crippen LogP contribution in [0.15, 0.2) is 28.7 Å². The fraction of sp³-hybridized carbons (Fsp3) is 0.0833. The number of ether oxygens (including phenoxy) is 1. The third-order valence-corrected chi connectivity index (χ3v) is 4.27. The molecule has 0 aliphatic heterocycles. The van der Waals surface area contributed by atoms with Crippen LogP contribution in [0, 0.1) is 0 Å². The lowest BCUT2D eigenvalue weighted by molar-refractivity contribution is 0.301. The van der Waals surface area contributed by atoms with Crippen molar-refractivity contribution in [2.24, 2.45) is 0 Å². The fourth-order valence-corrected chi connectivity index (χ4v) is 2.49. The van der Waals surface area contributed by atoms with Crippen LogP contribution in [0.1, 0.15) is 5.69 Å². The van der Waals surface area contributed by atoms with Crippen molar-refractivity contribution in [1.82, 2.24) is 4.98 Å². The predicted octanol–water partition coefficient (Wildman–Crippen LogP) is 6.04. The molecule has 19 heavy (non-hydrogen) atoms. The molecule has 0 atom stereocenters. The first-order chi connectivity index (χ1) is 8.97. The summed E-state index contributed by atoms with van der Waals surface area (Å²) < 4.78 is 6.25. The van der Waals surface area contributed by atoms with Gasteiger partial charge in [-0.05, 0) is 34.1 Å². The van der Waals surface area contributed by atoms with E-state index in [0.717, 1.165) is 0 Å². The molecule has 0 amide bonds. The van der Waals surface area contributed by atoms with Crippen molar-refractivity contribution in [2.45, 2.75) is 6.61 Å². The van der Waals surface area contributed by atoms with Gasteiger partial charge in [0, 0.05) is 10.5 Å². The minimum Gasteiger partial charge on any atom is -0.486 e. The van der Waals surface area contributed by atoms with Gasteiger partial charge in [-0.2, -0.15) is 0 Å². The maximum Gasteiger partial charge on any atom is 0.140 e. The second-order valence-corrected chi connectivity index (χ2v) is 6.01. The van der Waals surface area contributed by atoms with Crippen molar-refractivity contribution in [3.8, 4) is 5.75 Å². The molecule has 0 spiro atoms. The van der Waals surface area contributed by atoms with E-state index in [1.54, 1.807) is 24.3 Å². The number of nitrogens with zero attached hydrogens (tertiary/aromatic N) is 1. The largest absolute Gasteiger partial charge is 0.486 e. The van der Waals surface area contributed by atoms with Gasteiger partial charge in [-0.3, -0.25) is 0 Å². The monoisotopic (exact) mass is 399 g/mol. The van der Waals surface area contributed by atoms with E-state index in [2.05, 4.69) is 20.9 Å². The highest BCUT2D eigenvalue weighted by Crippen LogP contribution is 2.34. The third kappa shape index (κ3) is 3.89. The van der Waals surface area contributed by atoms with Crippen LogP contribution in [0.25, 0.3) is 0 Å². The molecule has 7 heteroatoms. The molecule has 0 fully saturated rings. The Labute approximate surface area is 138 Å². The highest BCUT2D eigenvalue weighted by Gasteiger charge is 2.09. The molecular formula is C12H6BrCl4NO. The second-order valence-electron chi connectivity index (χ2n) is 3.55. The van der Waals surface area contributed by atoms with Gasteiger partial charge in [-0.25, -0.2) is 4.98 Å². The summed E-state index contributed by atoms with van der Waals surface area (Å²) in [5, 5.41) is 1.77. The molecule has 1 aromatic carbocycles. The lowest BCUT2D eigenvalue weighted by Gasteiger charge is -2.10. The van der Waals surface area contributed by atoms with Gasteiger partial charge in [-0.1, -0.05) is 46.4 Å². The molecule has 0 N–H and O–H groups in total. The predicted molar refractivity (Wildman–Crippen MR) is 82.8 cm³/mol. The maximum atomic E-state index is 6.05. The zero-order valence-corrected chi connectivity index (χ0v) is 13.9. The van der Waals surface area contributed by atoms with Gasteiger partial charge in [0.1, 0.15) is 17.5 Å². The third-order valence-electron chi connectivity index (χ3n) is 2.22. The smallest absolute Gasteiger partial charge is 0.140 e. The van der Waals surface area contributed by atoms with Crippen LogP contribution >= 0.6 is 62.3 Å². The standard InChI is InChI=1S/C12H6BrCl4NO/c13-6-3-9(16)11(4-8(6)15)19-5-10-7(14)1-2-12(17)18-10/h1-4H,5H2. The van der Waals surface area contributed by atoms with E-state index >= 15 is 0 Å². The van der Waals surface area contributed by atoms with E-state index in [0.29, 0.717) is 36.1 Å². The van der Waals surface area contributed by atoms with E-state index < -0.39 is 0 Å². The fourth-order valence-electron chi connectivity index (χ4n) is 1.32. The summed E-state index contributed by atoms with van der Waals surface area (Å²) in [6.07, 6.45) is 0. The Morgan fingerprint density at radius 1 is 1.00 bits per heavy atom. The summed E-state index contributed by atoms with van der Waals surface area (Å²) in [5.41, 5.74) is 0.532. The van der Waals surface area contributed by atoms with Crippen molar-refractivity contribution in [3.63, 3.8) is 0 Å². The van der Waals surface area contributed by atoms with Crippen molar-refractivity contribution in [1.29, 1.82) is 0 Å². The number of benzene rings is 1. The molecule has 2 aromatic rings. The lowest BCUT2D eigenvalue weighted by Crippen LogP contribution is -2.00. The van der Waals surface area contributed by atoms with Crippen LogP contribution in [-0.2, 0) is 6.61 Å². The molecular weight excluding hydrogens is 396 g/mol. The number of pyridine rings is 1. The first-order valence-electron chi connectivity index (χ1n) is 5.05. The van der Waals surface area contributed by atoms with Gasteiger partial charge in [0.15, 0.2) is 0 Å². The Bertz CT molecular complexity index is 621. The summed E-state index contributed by atoms with van der Waals surface area (Å²) in [4.78, 5) is 4.08. The molecule has 1 aromatic heterocycles. The van der Waals surface area contributed by atoms with Gasteiger partial charge in [0.25, 0.3) is 0 Å². The maximum absolute atomic E-state index is 6.05. The Balaban J connectivity index is 2.19. The topological polar surface area (TPSA) is 22.1 Å². The van der Waals surface area contributed by atoms with Gasteiger partial charge < -0.3 is 4.74 Å². The number of rotatable bonds is 3. The van der Waals surface area contributed by atoms with E-state index in [4.69, 9.17) is 51.1 Å². The first kappa shape index (κ1) is 15.2. The van der Waals surface area contributed by atoms with Crippen molar-refractivity contribution >= 4 is 62.3 Å². The van der Waals surface area contributed by atoms with Crippen LogP contribution in [0.5, 0.6) is 5.75 Å². The average molecular weight is 402 g/mol. The van der Waals surface area contributed by atoms with Crippen LogP contribution in [0.3, 0.4) is 0 Å². The molecule has 0 saturated carbocycles. The number of halogens is 5. The van der Waals surface area contributed by atoms with E-state index in [1.165, 1.54) is 0 Å². The highest BCUT2D eigenvalue weighted by molar-refractivity contribution is 9.10. The summed E-state index contributed by atoms with van der Waals surface area (Å²) in [5.74, 6) is 0.452. The summed E-state index contributed by atoms with van der Waals surface area (Å²) in [6.45, 7) is 0.150. The van der Waals surface area contributed by atoms with Crippen molar-refractivity contribution < 1.29 is 4.74 Å². The zero-order valence-electron chi connectivity index (χ0n) is 9.26. The molecule has 0 aliphatic rings. The van der Waals surface area contributed by atoms with Gasteiger partial charge in [0.05, 0.1) is 20.8 Å². The normalized spacial score (nSPS) is 10.6. The van der Waals surface area contributed by atoms with Crippen LogP contribution in [-0.4, -0.2) is 4.98 Å². The lowest BCUT2D eigenvalue weighted by atomic mass is 10.3. The Morgan fingerprint density at radius 2 is 1.74 bits per heavy atom. The zero-order chi connectivity index (χ0) is 14.0.